The monoisotopic (exact) mass is 281 g/mol. The van der Waals surface area contributed by atoms with Crippen LogP contribution in [0.5, 0.6) is 0 Å². The fourth-order valence-corrected chi connectivity index (χ4v) is 1.43. The summed E-state index contributed by atoms with van der Waals surface area (Å²) in [6, 6.07) is 3.41. The van der Waals surface area contributed by atoms with Crippen LogP contribution in [-0.4, -0.2) is 37.2 Å². The molecule has 0 spiro atoms. The Bertz CT molecular complexity index is 465. The third-order valence-corrected chi connectivity index (χ3v) is 2.44. The molecule has 0 aliphatic carbocycles. The van der Waals surface area contributed by atoms with Crippen LogP contribution in [0.15, 0.2) is 18.3 Å². The van der Waals surface area contributed by atoms with Crippen LogP contribution in [0.4, 0.5) is 10.6 Å². The maximum Gasteiger partial charge on any atom is 0.415 e. The molecule has 0 fully saturated rings. The van der Waals surface area contributed by atoms with Crippen LogP contribution in [0, 0.1) is 0 Å². The molecule has 1 rings (SSSR count). The molecule has 0 saturated heterocycles. The molecule has 7 nitrogen and oxygen atoms in total. The molecular weight excluding hydrogens is 262 g/mol. The Kier molecular flexibility index (Phi) is 6.45. The van der Waals surface area contributed by atoms with Gasteiger partial charge in [-0.3, -0.25) is 9.69 Å². The summed E-state index contributed by atoms with van der Waals surface area (Å²) in [6.07, 6.45) is 1.78. The molecule has 20 heavy (non-hydrogen) atoms. The lowest BCUT2D eigenvalue weighted by Crippen LogP contribution is -2.29. The van der Waals surface area contributed by atoms with Crippen LogP contribution < -0.4 is 10.6 Å². The summed E-state index contributed by atoms with van der Waals surface area (Å²) >= 11 is 0. The molecule has 7 heteroatoms. The van der Waals surface area contributed by atoms with E-state index in [4.69, 9.17) is 15.2 Å². The first-order chi connectivity index (χ1) is 9.60. The highest BCUT2D eigenvalue weighted by Gasteiger charge is 2.17. The summed E-state index contributed by atoms with van der Waals surface area (Å²) in [4.78, 5) is 28.2. The number of nitrogens with zero attached hydrogens (tertiary/aromatic N) is 2. The number of nitrogens with two attached hydrogens (primary N) is 1. The highest BCUT2D eigenvalue weighted by molar-refractivity contribution is 5.86. The van der Waals surface area contributed by atoms with E-state index >= 15 is 0 Å². The van der Waals surface area contributed by atoms with E-state index < -0.39 is 12.1 Å². The number of amides is 1. The van der Waals surface area contributed by atoms with Crippen molar-refractivity contribution in [2.45, 2.75) is 20.0 Å². The van der Waals surface area contributed by atoms with Gasteiger partial charge in [-0.2, -0.15) is 0 Å². The van der Waals surface area contributed by atoms with Crippen molar-refractivity contribution in [1.82, 2.24) is 4.98 Å². The van der Waals surface area contributed by atoms with Crippen molar-refractivity contribution < 1.29 is 19.1 Å². The normalized spacial score (nSPS) is 9.95. The van der Waals surface area contributed by atoms with Gasteiger partial charge < -0.3 is 15.2 Å². The highest BCUT2D eigenvalue weighted by atomic mass is 16.6. The van der Waals surface area contributed by atoms with Crippen molar-refractivity contribution >= 4 is 17.9 Å². The minimum Gasteiger partial charge on any atom is -0.460 e. The Hall–Kier alpha value is -2.15. The molecule has 0 radical (unpaired) electrons. The van der Waals surface area contributed by atoms with Gasteiger partial charge in [0.2, 0.25) is 0 Å². The third-order valence-electron chi connectivity index (χ3n) is 2.44. The lowest BCUT2D eigenvalue weighted by atomic mass is 10.2. The smallest absolute Gasteiger partial charge is 0.415 e. The quantitative estimate of drug-likeness (QED) is 0.784. The molecule has 1 amide bonds. The van der Waals surface area contributed by atoms with Crippen molar-refractivity contribution in [3.63, 3.8) is 0 Å². The fourth-order valence-electron chi connectivity index (χ4n) is 1.43. The van der Waals surface area contributed by atoms with Crippen molar-refractivity contribution in [3.8, 4) is 0 Å². The van der Waals surface area contributed by atoms with Gasteiger partial charge in [-0.05, 0) is 12.5 Å². The van der Waals surface area contributed by atoms with E-state index in [0.29, 0.717) is 18.0 Å². The Labute approximate surface area is 117 Å². The minimum absolute atomic E-state index is 0.00457. The minimum atomic E-state index is -0.518. The van der Waals surface area contributed by atoms with Crippen LogP contribution >= 0.6 is 0 Å². The third kappa shape index (κ3) is 4.51. The summed E-state index contributed by atoms with van der Waals surface area (Å²) in [5.41, 5.74) is 5.76. The molecule has 1 aromatic heterocycles. The van der Waals surface area contributed by atoms with E-state index in [1.165, 1.54) is 4.90 Å². The maximum absolute atomic E-state index is 11.8. The van der Waals surface area contributed by atoms with Gasteiger partial charge in [0.15, 0.2) is 0 Å². The first-order valence-electron chi connectivity index (χ1n) is 6.30. The standard InChI is InChI=1S/C13H19N3O4/c1-3-7-19-13(18)16(2)12-10(5-4-6-15-12)9-20-11(17)8-14/h4-6H,3,7-9,14H2,1-2H3. The lowest BCUT2D eigenvalue weighted by molar-refractivity contribution is -0.143. The van der Waals surface area contributed by atoms with E-state index in [1.807, 2.05) is 6.92 Å². The molecule has 0 atom stereocenters. The van der Waals surface area contributed by atoms with Gasteiger partial charge in [0.1, 0.15) is 12.4 Å². The van der Waals surface area contributed by atoms with Crippen molar-refractivity contribution in [2.24, 2.45) is 5.73 Å². The van der Waals surface area contributed by atoms with Gasteiger partial charge in [-0.1, -0.05) is 13.0 Å². The highest BCUT2D eigenvalue weighted by Crippen LogP contribution is 2.17. The number of anilines is 1. The summed E-state index contributed by atoms with van der Waals surface area (Å²) in [5, 5.41) is 0. The van der Waals surface area contributed by atoms with E-state index in [9.17, 15) is 9.59 Å². The molecule has 1 aromatic rings. The average Bonchev–Trinajstić information content (AvgIpc) is 2.49. The molecule has 0 saturated carbocycles. The molecule has 1 heterocycles. The second kappa shape index (κ2) is 8.11. The SMILES string of the molecule is CCCOC(=O)N(C)c1ncccc1COC(=O)CN. The zero-order valence-electron chi connectivity index (χ0n) is 11.7. The number of hydrogen-bond donors (Lipinski definition) is 1. The number of esters is 1. The van der Waals surface area contributed by atoms with E-state index in [2.05, 4.69) is 4.98 Å². The van der Waals surface area contributed by atoms with Crippen LogP contribution in [-0.2, 0) is 20.9 Å². The summed E-state index contributed by atoms with van der Waals surface area (Å²) in [6.45, 7) is 2.06. The first kappa shape index (κ1) is 15.9. The van der Waals surface area contributed by atoms with Gasteiger partial charge in [0.25, 0.3) is 0 Å². The largest absolute Gasteiger partial charge is 0.460 e. The van der Waals surface area contributed by atoms with Crippen LogP contribution in [0.2, 0.25) is 0 Å². The number of hydrogen-bond acceptors (Lipinski definition) is 6. The maximum atomic E-state index is 11.8. The van der Waals surface area contributed by atoms with Gasteiger partial charge in [-0.25, -0.2) is 9.78 Å². The number of carbonyl (C=O) groups is 2. The molecule has 2 N–H and O–H groups in total. The number of carbonyl (C=O) groups excluding carboxylic acids is 2. The van der Waals surface area contributed by atoms with Gasteiger partial charge in [-0.15, -0.1) is 0 Å². The predicted molar refractivity (Wildman–Crippen MR) is 73.1 cm³/mol. The van der Waals surface area contributed by atoms with Crippen LogP contribution in [0.1, 0.15) is 18.9 Å². The van der Waals surface area contributed by atoms with Crippen molar-refractivity contribution in [2.75, 3.05) is 25.1 Å². The van der Waals surface area contributed by atoms with Crippen LogP contribution in [0.25, 0.3) is 0 Å². The van der Waals surface area contributed by atoms with Gasteiger partial charge >= 0.3 is 12.1 Å². The molecule has 0 aliphatic heterocycles. The number of ether oxygens (including phenoxy) is 2. The van der Waals surface area contributed by atoms with Gasteiger partial charge in [0, 0.05) is 18.8 Å². The Morgan fingerprint density at radius 3 is 2.80 bits per heavy atom. The average molecular weight is 281 g/mol. The molecule has 110 valence electrons. The summed E-state index contributed by atoms with van der Waals surface area (Å²) in [7, 11) is 1.55. The Morgan fingerprint density at radius 1 is 1.40 bits per heavy atom. The van der Waals surface area contributed by atoms with E-state index in [-0.39, 0.29) is 13.2 Å². The second-order valence-electron chi connectivity index (χ2n) is 4.02. The van der Waals surface area contributed by atoms with E-state index in [1.54, 1.807) is 25.4 Å². The van der Waals surface area contributed by atoms with Crippen LogP contribution in [0.3, 0.4) is 0 Å². The zero-order chi connectivity index (χ0) is 15.0. The van der Waals surface area contributed by atoms with Crippen molar-refractivity contribution in [3.05, 3.63) is 23.9 Å². The predicted octanol–water partition coefficient (Wildman–Crippen LogP) is 1.07. The molecule has 0 aliphatic rings. The number of rotatable bonds is 6. The number of pyridine rings is 1. The Morgan fingerprint density at radius 2 is 2.15 bits per heavy atom. The summed E-state index contributed by atoms with van der Waals surface area (Å²) in [5.74, 6) is -0.130. The first-order valence-corrected chi connectivity index (χ1v) is 6.30. The lowest BCUT2D eigenvalue weighted by Gasteiger charge is -2.18. The molecule has 0 aromatic carbocycles. The van der Waals surface area contributed by atoms with E-state index in [0.717, 1.165) is 6.42 Å². The molecule has 0 unspecified atom stereocenters. The number of aromatic nitrogens is 1. The fraction of sp³-hybridized carbons (Fsp3) is 0.462. The van der Waals surface area contributed by atoms with Gasteiger partial charge in [0.05, 0.1) is 13.2 Å². The Balaban J connectivity index is 2.78. The second-order valence-corrected chi connectivity index (χ2v) is 4.02. The van der Waals surface area contributed by atoms with Crippen molar-refractivity contribution in [1.29, 1.82) is 0 Å². The summed E-state index contributed by atoms with van der Waals surface area (Å²) < 4.78 is 9.97. The zero-order valence-corrected chi connectivity index (χ0v) is 11.7. The topological polar surface area (TPSA) is 94.7 Å². The molecular formula is C13H19N3O4. The molecule has 0 bridgehead atoms.